The van der Waals surface area contributed by atoms with E-state index in [4.69, 9.17) is 0 Å². The SMILES string of the molecule is CCSCCNc1cc(Br)ccc1C. The van der Waals surface area contributed by atoms with E-state index in [1.54, 1.807) is 0 Å². The van der Waals surface area contributed by atoms with Gasteiger partial charge in [0.2, 0.25) is 0 Å². The van der Waals surface area contributed by atoms with Gasteiger partial charge < -0.3 is 5.32 Å². The van der Waals surface area contributed by atoms with E-state index < -0.39 is 0 Å². The molecule has 0 aliphatic rings. The smallest absolute Gasteiger partial charge is 0.0381 e. The summed E-state index contributed by atoms with van der Waals surface area (Å²) in [5.41, 5.74) is 2.53. The Morgan fingerprint density at radius 1 is 1.43 bits per heavy atom. The molecule has 1 N–H and O–H groups in total. The predicted molar refractivity (Wildman–Crippen MR) is 70.4 cm³/mol. The zero-order chi connectivity index (χ0) is 10.4. The molecular weight excluding hydrogens is 258 g/mol. The normalized spacial score (nSPS) is 10.2. The van der Waals surface area contributed by atoms with Gasteiger partial charge in [0, 0.05) is 22.5 Å². The zero-order valence-electron chi connectivity index (χ0n) is 8.64. The molecule has 0 aliphatic carbocycles. The van der Waals surface area contributed by atoms with Gasteiger partial charge in [-0.25, -0.2) is 0 Å². The molecule has 14 heavy (non-hydrogen) atoms. The van der Waals surface area contributed by atoms with E-state index in [2.05, 4.69) is 53.3 Å². The standard InChI is InChI=1S/C11H16BrNS/c1-3-14-7-6-13-11-8-10(12)5-4-9(11)2/h4-5,8,13H,3,6-7H2,1-2H3. The molecule has 0 bridgehead atoms. The highest BCUT2D eigenvalue weighted by Gasteiger charge is 1.97. The van der Waals surface area contributed by atoms with Crippen LogP contribution in [0.2, 0.25) is 0 Å². The number of benzene rings is 1. The van der Waals surface area contributed by atoms with Gasteiger partial charge in [-0.15, -0.1) is 0 Å². The van der Waals surface area contributed by atoms with Gasteiger partial charge >= 0.3 is 0 Å². The molecule has 3 heteroatoms. The van der Waals surface area contributed by atoms with Gasteiger partial charge in [-0.1, -0.05) is 28.9 Å². The highest BCUT2D eigenvalue weighted by Crippen LogP contribution is 2.20. The lowest BCUT2D eigenvalue weighted by molar-refractivity contribution is 1.21. The van der Waals surface area contributed by atoms with Crippen LogP contribution in [0.15, 0.2) is 22.7 Å². The van der Waals surface area contributed by atoms with Gasteiger partial charge in [0.25, 0.3) is 0 Å². The van der Waals surface area contributed by atoms with E-state index in [0.717, 1.165) is 11.0 Å². The summed E-state index contributed by atoms with van der Waals surface area (Å²) >= 11 is 5.44. The third-order valence-corrected chi connectivity index (χ3v) is 3.36. The van der Waals surface area contributed by atoms with Gasteiger partial charge in [-0.2, -0.15) is 11.8 Å². The van der Waals surface area contributed by atoms with Crippen molar-refractivity contribution >= 4 is 33.4 Å². The molecule has 0 radical (unpaired) electrons. The molecule has 0 amide bonds. The molecule has 0 aliphatic heterocycles. The molecule has 0 aromatic heterocycles. The first-order valence-corrected chi connectivity index (χ1v) is 6.76. The average Bonchev–Trinajstić information content (AvgIpc) is 2.18. The van der Waals surface area contributed by atoms with Crippen LogP contribution in [0.1, 0.15) is 12.5 Å². The zero-order valence-corrected chi connectivity index (χ0v) is 11.0. The molecule has 0 saturated heterocycles. The molecule has 1 aromatic carbocycles. The Labute approximate surface area is 98.8 Å². The number of thioether (sulfide) groups is 1. The van der Waals surface area contributed by atoms with Crippen LogP contribution in [0.25, 0.3) is 0 Å². The summed E-state index contributed by atoms with van der Waals surface area (Å²) in [6, 6.07) is 6.33. The maximum atomic E-state index is 3.47. The summed E-state index contributed by atoms with van der Waals surface area (Å²) in [5, 5.41) is 3.44. The highest BCUT2D eigenvalue weighted by molar-refractivity contribution is 9.10. The quantitative estimate of drug-likeness (QED) is 0.817. The molecule has 0 atom stereocenters. The van der Waals surface area contributed by atoms with E-state index in [0.29, 0.717) is 0 Å². The summed E-state index contributed by atoms with van der Waals surface area (Å²) in [7, 11) is 0. The Bertz CT molecular complexity index is 289. The number of hydrogen-bond acceptors (Lipinski definition) is 2. The van der Waals surface area contributed by atoms with Crippen LogP contribution >= 0.6 is 27.7 Å². The minimum Gasteiger partial charge on any atom is -0.384 e. The fraction of sp³-hybridized carbons (Fsp3) is 0.455. The van der Waals surface area contributed by atoms with Crippen molar-refractivity contribution in [1.29, 1.82) is 0 Å². The fourth-order valence-corrected chi connectivity index (χ4v) is 2.08. The van der Waals surface area contributed by atoms with E-state index >= 15 is 0 Å². The first-order valence-electron chi connectivity index (χ1n) is 4.82. The summed E-state index contributed by atoms with van der Waals surface area (Å²) in [6.07, 6.45) is 0. The molecule has 1 rings (SSSR count). The number of halogens is 1. The van der Waals surface area contributed by atoms with Gasteiger partial charge in [-0.05, 0) is 30.4 Å². The van der Waals surface area contributed by atoms with Crippen LogP contribution in [-0.4, -0.2) is 18.1 Å². The lowest BCUT2D eigenvalue weighted by Crippen LogP contribution is -2.05. The molecule has 1 aromatic rings. The largest absolute Gasteiger partial charge is 0.384 e. The highest BCUT2D eigenvalue weighted by atomic mass is 79.9. The van der Waals surface area contributed by atoms with Gasteiger partial charge in [0.1, 0.15) is 0 Å². The van der Waals surface area contributed by atoms with Crippen LogP contribution in [0.5, 0.6) is 0 Å². The first-order chi connectivity index (χ1) is 6.74. The number of rotatable bonds is 5. The van der Waals surface area contributed by atoms with Crippen LogP contribution in [-0.2, 0) is 0 Å². The topological polar surface area (TPSA) is 12.0 Å². The van der Waals surface area contributed by atoms with Crippen molar-refractivity contribution < 1.29 is 0 Å². The lowest BCUT2D eigenvalue weighted by atomic mass is 10.2. The van der Waals surface area contributed by atoms with Gasteiger partial charge in [0.15, 0.2) is 0 Å². The maximum absolute atomic E-state index is 3.47. The van der Waals surface area contributed by atoms with Crippen molar-refractivity contribution in [2.24, 2.45) is 0 Å². The second-order valence-corrected chi connectivity index (χ2v) is 5.39. The fourth-order valence-electron chi connectivity index (χ4n) is 1.19. The molecule has 0 heterocycles. The number of anilines is 1. The Balaban J connectivity index is 2.45. The average molecular weight is 274 g/mol. The van der Waals surface area contributed by atoms with Crippen LogP contribution in [0.3, 0.4) is 0 Å². The molecular formula is C11H16BrNS. The molecule has 0 spiro atoms. The van der Waals surface area contributed by atoms with Crippen molar-refractivity contribution in [3.05, 3.63) is 28.2 Å². The second-order valence-electron chi connectivity index (χ2n) is 3.08. The van der Waals surface area contributed by atoms with Crippen LogP contribution in [0, 0.1) is 6.92 Å². The lowest BCUT2D eigenvalue weighted by Gasteiger charge is -2.09. The predicted octanol–water partition coefficient (Wildman–Crippen LogP) is 3.92. The van der Waals surface area contributed by atoms with Gasteiger partial charge in [0.05, 0.1) is 0 Å². The summed E-state index contributed by atoms with van der Waals surface area (Å²) < 4.78 is 1.13. The Morgan fingerprint density at radius 2 is 2.21 bits per heavy atom. The Kier molecular flexibility index (Phi) is 5.41. The monoisotopic (exact) mass is 273 g/mol. The summed E-state index contributed by atoms with van der Waals surface area (Å²) in [6.45, 7) is 5.35. The van der Waals surface area contributed by atoms with Crippen molar-refractivity contribution in [1.82, 2.24) is 0 Å². The van der Waals surface area contributed by atoms with Crippen molar-refractivity contribution in [3.8, 4) is 0 Å². The third-order valence-electron chi connectivity index (χ3n) is 1.97. The number of hydrogen-bond donors (Lipinski definition) is 1. The molecule has 0 unspecified atom stereocenters. The van der Waals surface area contributed by atoms with E-state index in [9.17, 15) is 0 Å². The molecule has 1 nitrogen and oxygen atoms in total. The van der Waals surface area contributed by atoms with Crippen LogP contribution < -0.4 is 5.32 Å². The van der Waals surface area contributed by atoms with Crippen molar-refractivity contribution in [3.63, 3.8) is 0 Å². The molecule has 0 saturated carbocycles. The van der Waals surface area contributed by atoms with Crippen molar-refractivity contribution in [2.75, 3.05) is 23.4 Å². The minimum atomic E-state index is 1.04. The van der Waals surface area contributed by atoms with E-state index in [1.807, 2.05) is 11.8 Å². The molecule has 78 valence electrons. The van der Waals surface area contributed by atoms with E-state index in [1.165, 1.54) is 22.8 Å². The minimum absolute atomic E-state index is 1.04. The maximum Gasteiger partial charge on any atom is 0.0381 e. The van der Waals surface area contributed by atoms with E-state index in [-0.39, 0.29) is 0 Å². The third kappa shape index (κ3) is 3.93. The summed E-state index contributed by atoms with van der Waals surface area (Å²) in [5.74, 6) is 2.36. The number of aryl methyl sites for hydroxylation is 1. The Morgan fingerprint density at radius 3 is 2.93 bits per heavy atom. The second kappa shape index (κ2) is 6.36. The van der Waals surface area contributed by atoms with Crippen LogP contribution in [0.4, 0.5) is 5.69 Å². The Hall–Kier alpha value is -0.150. The first kappa shape index (κ1) is 11.9. The van der Waals surface area contributed by atoms with Crippen molar-refractivity contribution in [2.45, 2.75) is 13.8 Å². The summed E-state index contributed by atoms with van der Waals surface area (Å²) in [4.78, 5) is 0. The molecule has 0 fully saturated rings. The number of nitrogens with one attached hydrogen (secondary N) is 1. The van der Waals surface area contributed by atoms with Gasteiger partial charge in [-0.3, -0.25) is 0 Å².